The third-order valence-corrected chi connectivity index (χ3v) is 7.59. The molecule has 0 spiro atoms. The first kappa shape index (κ1) is 24.6. The van der Waals surface area contributed by atoms with Crippen LogP contribution in [0.3, 0.4) is 0 Å². The van der Waals surface area contributed by atoms with E-state index in [2.05, 4.69) is 105 Å². The maximum atomic E-state index is 2.45. The van der Waals surface area contributed by atoms with Crippen LogP contribution in [0, 0.1) is 5.41 Å². The summed E-state index contributed by atoms with van der Waals surface area (Å²) in [5.74, 6) is 0. The standard InChI is InChI=1S/C20H29S.2ClH.Ti/c1-15-12-13-20(16(2)14-15,21-18(3,4)5)19(6,7)17-10-8-9-11-17;;;/h8,10,12,14H,9,13H2,1-7H3;2*1H;/q;;;+2/p-2. The minimum Gasteiger partial charge on any atom is -1.00 e. The number of rotatable bonds is 3. The van der Waals surface area contributed by atoms with Gasteiger partial charge in [-0.15, -0.1) is 0 Å². The summed E-state index contributed by atoms with van der Waals surface area (Å²) in [6, 6.07) is 0. The van der Waals surface area contributed by atoms with Crippen LogP contribution in [-0.4, -0.2) is 9.49 Å². The Balaban J connectivity index is 0.00000264. The van der Waals surface area contributed by atoms with Crippen molar-refractivity contribution < 1.29 is 45.2 Å². The van der Waals surface area contributed by atoms with E-state index in [1.54, 1.807) is 5.57 Å². The molecule has 2 aliphatic carbocycles. The van der Waals surface area contributed by atoms with Crippen molar-refractivity contribution in [3.05, 3.63) is 44.9 Å². The molecule has 0 nitrogen and oxygen atoms in total. The Kier molecular flexibility index (Phi) is 8.74. The van der Waals surface area contributed by atoms with E-state index < -0.39 is 0 Å². The second-order valence-electron chi connectivity index (χ2n) is 8.14. The van der Waals surface area contributed by atoms with E-state index in [4.69, 9.17) is 0 Å². The second-order valence-corrected chi connectivity index (χ2v) is 11.2. The Bertz CT molecular complexity index is 591. The molecular formula is C20H29Cl2STi. The maximum Gasteiger partial charge on any atom is -1.00 e. The first-order chi connectivity index (χ1) is 9.99. The van der Waals surface area contributed by atoms with Crippen LogP contribution in [0.1, 0.15) is 61.3 Å². The molecule has 4 heteroatoms. The minimum absolute atomic E-state index is 0. The first-order valence-electron chi connectivity index (χ1n) is 8.17. The predicted octanol–water partition coefficient (Wildman–Crippen LogP) is 0.348. The maximum absolute atomic E-state index is 2.45. The van der Waals surface area contributed by atoms with Crippen LogP contribution in [0.15, 0.2) is 44.9 Å². The van der Waals surface area contributed by atoms with Gasteiger partial charge in [0, 0.05) is 0 Å². The van der Waals surface area contributed by atoms with Gasteiger partial charge >= 0.3 is 153 Å². The average Bonchev–Trinajstić information content (AvgIpc) is 2.78. The fourth-order valence-electron chi connectivity index (χ4n) is 3.81. The second kappa shape index (κ2) is 8.53. The van der Waals surface area contributed by atoms with E-state index in [0.29, 0.717) is 0 Å². The Morgan fingerprint density at radius 3 is 2.08 bits per heavy atom. The monoisotopic (exact) mass is 419 g/mol. The summed E-state index contributed by atoms with van der Waals surface area (Å²) in [7, 11) is 0. The molecule has 1 unspecified atom stereocenters. The smallest absolute Gasteiger partial charge is 1.00 e. The van der Waals surface area contributed by atoms with Gasteiger partial charge < -0.3 is 24.8 Å². The number of allylic oxidation sites excluding steroid dienone is 7. The third kappa shape index (κ3) is 4.66. The van der Waals surface area contributed by atoms with Crippen molar-refractivity contribution in [2.75, 3.05) is 0 Å². The number of thioether (sulfide) groups is 1. The zero-order valence-corrected chi connectivity index (χ0v) is 19.8. The van der Waals surface area contributed by atoms with Crippen molar-refractivity contribution in [3.63, 3.8) is 0 Å². The summed E-state index contributed by atoms with van der Waals surface area (Å²) in [5.41, 5.74) is 4.61. The van der Waals surface area contributed by atoms with Gasteiger partial charge in [-0.1, -0.05) is 0 Å². The van der Waals surface area contributed by atoms with Gasteiger partial charge in [0.25, 0.3) is 0 Å². The minimum atomic E-state index is 0. The molecule has 0 heterocycles. The van der Waals surface area contributed by atoms with Gasteiger partial charge in [-0.2, -0.15) is 0 Å². The van der Waals surface area contributed by atoms with Crippen molar-refractivity contribution in [1.82, 2.24) is 0 Å². The van der Waals surface area contributed by atoms with E-state index in [0.717, 1.165) is 12.8 Å². The summed E-state index contributed by atoms with van der Waals surface area (Å²) in [4.78, 5) is 0. The summed E-state index contributed by atoms with van der Waals surface area (Å²) < 4.78 is 1.91. The van der Waals surface area contributed by atoms with Crippen molar-refractivity contribution in [2.24, 2.45) is 5.41 Å². The van der Waals surface area contributed by atoms with Gasteiger partial charge in [0.2, 0.25) is 0 Å². The van der Waals surface area contributed by atoms with Crippen LogP contribution in [0.5, 0.6) is 0 Å². The topological polar surface area (TPSA) is 0 Å². The molecule has 133 valence electrons. The van der Waals surface area contributed by atoms with E-state index >= 15 is 0 Å². The molecule has 0 bridgehead atoms. The SMILES string of the molecule is CC1=CCC(SC(C)(C)C)(C(C)(C)C2=[C]([Ti+2])CC=C2)C(C)=C1.[Cl-].[Cl-]. The van der Waals surface area contributed by atoms with Crippen LogP contribution in [-0.2, 0) is 20.4 Å². The summed E-state index contributed by atoms with van der Waals surface area (Å²) >= 11 is 4.45. The molecule has 1 atom stereocenters. The molecule has 0 amide bonds. The molecule has 0 fully saturated rings. The third-order valence-electron chi connectivity index (χ3n) is 4.89. The Morgan fingerprint density at radius 1 is 1.08 bits per heavy atom. The fraction of sp³-hybridized carbons (Fsp3) is 0.600. The van der Waals surface area contributed by atoms with E-state index in [9.17, 15) is 0 Å². The average molecular weight is 420 g/mol. The van der Waals surface area contributed by atoms with E-state index in [1.807, 2.05) is 0 Å². The molecular weight excluding hydrogens is 391 g/mol. The van der Waals surface area contributed by atoms with Gasteiger partial charge in [-0.3, -0.25) is 0 Å². The molecule has 0 saturated heterocycles. The molecule has 0 saturated carbocycles. The van der Waals surface area contributed by atoms with Crippen LogP contribution in [0.2, 0.25) is 0 Å². The van der Waals surface area contributed by atoms with Gasteiger partial charge in [0.05, 0.1) is 0 Å². The Hall–Kier alpha value is 0.604. The van der Waals surface area contributed by atoms with Crippen LogP contribution in [0.4, 0.5) is 0 Å². The number of halogens is 2. The summed E-state index contributed by atoms with van der Waals surface area (Å²) in [5, 5.41) is 0. The molecule has 2 rings (SSSR count). The normalized spacial score (nSPS) is 24.2. The molecule has 0 radical (unpaired) electrons. The molecule has 24 heavy (non-hydrogen) atoms. The van der Waals surface area contributed by atoms with Crippen molar-refractivity contribution in [3.8, 4) is 0 Å². The molecule has 0 aromatic heterocycles. The molecule has 2 aliphatic rings. The first-order valence-corrected chi connectivity index (χ1v) is 9.77. The molecule has 0 aliphatic heterocycles. The van der Waals surface area contributed by atoms with Gasteiger partial charge in [-0.05, 0) is 0 Å². The van der Waals surface area contributed by atoms with E-state index in [-0.39, 0.29) is 39.7 Å². The van der Waals surface area contributed by atoms with Crippen molar-refractivity contribution in [2.45, 2.75) is 70.8 Å². The molecule has 0 aromatic carbocycles. The Labute approximate surface area is 177 Å². The number of hydrogen-bond donors (Lipinski definition) is 0. The van der Waals surface area contributed by atoms with Gasteiger partial charge in [-0.25, -0.2) is 0 Å². The van der Waals surface area contributed by atoms with Crippen LogP contribution >= 0.6 is 11.8 Å². The zero-order valence-electron chi connectivity index (χ0n) is 15.9. The fourth-order valence-corrected chi connectivity index (χ4v) is 6.41. The summed E-state index contributed by atoms with van der Waals surface area (Å²) in [6.45, 7) is 16.5. The molecule has 0 N–H and O–H groups in total. The molecule has 0 aromatic rings. The van der Waals surface area contributed by atoms with Crippen LogP contribution < -0.4 is 24.8 Å². The Morgan fingerprint density at radius 2 is 1.67 bits per heavy atom. The van der Waals surface area contributed by atoms with E-state index in [1.165, 1.54) is 15.0 Å². The van der Waals surface area contributed by atoms with Crippen molar-refractivity contribution >= 4 is 11.8 Å². The zero-order chi connectivity index (χ0) is 16.8. The summed E-state index contributed by atoms with van der Waals surface area (Å²) in [6.07, 6.45) is 11.8. The van der Waals surface area contributed by atoms with Gasteiger partial charge in [0.1, 0.15) is 0 Å². The van der Waals surface area contributed by atoms with Gasteiger partial charge in [0.15, 0.2) is 0 Å². The number of hydrogen-bond acceptors (Lipinski definition) is 1. The quantitative estimate of drug-likeness (QED) is 0.594. The van der Waals surface area contributed by atoms with Crippen molar-refractivity contribution in [1.29, 1.82) is 0 Å². The largest absolute Gasteiger partial charge is 1.00 e. The van der Waals surface area contributed by atoms with Crippen LogP contribution in [0.25, 0.3) is 0 Å². The predicted molar refractivity (Wildman–Crippen MR) is 96.8 cm³/mol.